The Balaban J connectivity index is 2.15. The van der Waals surface area contributed by atoms with Gasteiger partial charge in [-0.15, -0.1) is 0 Å². The van der Waals surface area contributed by atoms with Crippen LogP contribution in [0.25, 0.3) is 0 Å². The summed E-state index contributed by atoms with van der Waals surface area (Å²) in [4.78, 5) is 0. The number of fused-ring (bicyclic) bond motifs is 1. The molecule has 2 aliphatic rings. The van der Waals surface area contributed by atoms with Gasteiger partial charge in [-0.05, 0) is 30.1 Å². The van der Waals surface area contributed by atoms with E-state index in [0.29, 0.717) is 5.41 Å². The Labute approximate surface area is 69.7 Å². The minimum absolute atomic E-state index is 0.450. The van der Waals surface area contributed by atoms with Crippen molar-refractivity contribution in [2.75, 3.05) is 0 Å². The SMILES string of the molecule is CC(C)(C)C1=C[C@H]2CCC[C@@H]12. The highest BCUT2D eigenvalue weighted by Crippen LogP contribution is 2.52. The van der Waals surface area contributed by atoms with Gasteiger partial charge in [0.1, 0.15) is 0 Å². The molecule has 0 N–H and O–H groups in total. The van der Waals surface area contributed by atoms with E-state index in [0.717, 1.165) is 11.8 Å². The molecule has 0 aliphatic heterocycles. The summed E-state index contributed by atoms with van der Waals surface area (Å²) in [6.45, 7) is 7.02. The van der Waals surface area contributed by atoms with E-state index in [2.05, 4.69) is 26.8 Å². The van der Waals surface area contributed by atoms with Gasteiger partial charge in [-0.3, -0.25) is 0 Å². The molecule has 0 spiro atoms. The minimum Gasteiger partial charge on any atom is -0.0808 e. The molecule has 0 aromatic heterocycles. The number of hydrogen-bond acceptors (Lipinski definition) is 0. The van der Waals surface area contributed by atoms with E-state index in [1.165, 1.54) is 19.3 Å². The molecule has 0 radical (unpaired) electrons. The Bertz CT molecular complexity index is 193. The topological polar surface area (TPSA) is 0 Å². The normalized spacial score (nSPS) is 36.1. The van der Waals surface area contributed by atoms with E-state index in [1.807, 2.05) is 0 Å². The predicted molar refractivity (Wildman–Crippen MR) is 48.4 cm³/mol. The van der Waals surface area contributed by atoms with Gasteiger partial charge in [0.25, 0.3) is 0 Å². The zero-order chi connectivity index (χ0) is 8.06. The lowest BCUT2D eigenvalue weighted by Gasteiger charge is -2.39. The number of rotatable bonds is 0. The molecule has 1 fully saturated rings. The number of hydrogen-bond donors (Lipinski definition) is 0. The molecule has 0 aromatic carbocycles. The monoisotopic (exact) mass is 150 g/mol. The zero-order valence-electron chi connectivity index (χ0n) is 7.85. The summed E-state index contributed by atoms with van der Waals surface area (Å²) in [5.74, 6) is 1.96. The van der Waals surface area contributed by atoms with Crippen molar-refractivity contribution in [3.63, 3.8) is 0 Å². The molecule has 0 nitrogen and oxygen atoms in total. The summed E-state index contributed by atoms with van der Waals surface area (Å²) < 4.78 is 0. The summed E-state index contributed by atoms with van der Waals surface area (Å²) in [5.41, 5.74) is 2.19. The molecule has 11 heavy (non-hydrogen) atoms. The van der Waals surface area contributed by atoms with E-state index in [-0.39, 0.29) is 0 Å². The Kier molecular flexibility index (Phi) is 1.42. The van der Waals surface area contributed by atoms with Crippen LogP contribution in [-0.2, 0) is 0 Å². The first-order valence-corrected chi connectivity index (χ1v) is 4.81. The average molecular weight is 150 g/mol. The molecule has 62 valence electrons. The van der Waals surface area contributed by atoms with Gasteiger partial charge in [0.2, 0.25) is 0 Å². The van der Waals surface area contributed by atoms with Crippen LogP contribution in [0.4, 0.5) is 0 Å². The lowest BCUT2D eigenvalue weighted by atomic mass is 9.66. The molecule has 2 aliphatic carbocycles. The molecule has 2 atom stereocenters. The van der Waals surface area contributed by atoms with Crippen molar-refractivity contribution in [3.8, 4) is 0 Å². The molecule has 2 rings (SSSR count). The van der Waals surface area contributed by atoms with Crippen molar-refractivity contribution in [1.82, 2.24) is 0 Å². The average Bonchev–Trinajstić information content (AvgIpc) is 2.08. The molecule has 0 aromatic rings. The Hall–Kier alpha value is -0.260. The first kappa shape index (κ1) is 7.39. The fraction of sp³-hybridized carbons (Fsp3) is 0.818. The third kappa shape index (κ3) is 1.04. The second kappa shape index (κ2) is 2.12. The minimum atomic E-state index is 0.450. The molecule has 0 bridgehead atoms. The maximum absolute atomic E-state index is 2.53. The quantitative estimate of drug-likeness (QED) is 0.464. The Morgan fingerprint density at radius 2 is 2.00 bits per heavy atom. The first-order chi connectivity index (χ1) is 5.09. The van der Waals surface area contributed by atoms with E-state index >= 15 is 0 Å². The molecule has 0 unspecified atom stereocenters. The maximum Gasteiger partial charge on any atom is -0.0135 e. The standard InChI is InChI=1S/C11H18/c1-11(2,3)10-7-8-5-4-6-9(8)10/h7-9H,4-6H2,1-3H3/t8-,9-/m1/s1. The summed E-state index contributed by atoms with van der Waals surface area (Å²) in [5, 5.41) is 0. The van der Waals surface area contributed by atoms with Crippen LogP contribution in [0.5, 0.6) is 0 Å². The van der Waals surface area contributed by atoms with Crippen LogP contribution in [0.2, 0.25) is 0 Å². The van der Waals surface area contributed by atoms with E-state index in [9.17, 15) is 0 Å². The van der Waals surface area contributed by atoms with Gasteiger partial charge in [-0.25, -0.2) is 0 Å². The summed E-state index contributed by atoms with van der Waals surface area (Å²) in [7, 11) is 0. The van der Waals surface area contributed by atoms with Crippen molar-refractivity contribution >= 4 is 0 Å². The molecular formula is C11H18. The van der Waals surface area contributed by atoms with Gasteiger partial charge < -0.3 is 0 Å². The van der Waals surface area contributed by atoms with E-state index in [1.54, 1.807) is 5.57 Å². The van der Waals surface area contributed by atoms with Crippen molar-refractivity contribution in [2.45, 2.75) is 40.0 Å². The highest BCUT2D eigenvalue weighted by Gasteiger charge is 2.40. The summed E-state index contributed by atoms with van der Waals surface area (Å²) >= 11 is 0. The smallest absolute Gasteiger partial charge is 0.0135 e. The van der Waals surface area contributed by atoms with Gasteiger partial charge in [-0.1, -0.05) is 38.8 Å². The third-order valence-corrected chi connectivity index (χ3v) is 3.23. The Morgan fingerprint density at radius 1 is 1.27 bits per heavy atom. The van der Waals surface area contributed by atoms with Crippen LogP contribution >= 0.6 is 0 Å². The molecule has 0 amide bonds. The third-order valence-electron chi connectivity index (χ3n) is 3.23. The van der Waals surface area contributed by atoms with Crippen LogP contribution in [0.1, 0.15) is 40.0 Å². The predicted octanol–water partition coefficient (Wildman–Crippen LogP) is 3.39. The van der Waals surface area contributed by atoms with Crippen molar-refractivity contribution in [1.29, 1.82) is 0 Å². The van der Waals surface area contributed by atoms with Crippen molar-refractivity contribution < 1.29 is 0 Å². The Morgan fingerprint density at radius 3 is 2.55 bits per heavy atom. The first-order valence-electron chi connectivity index (χ1n) is 4.81. The summed E-state index contributed by atoms with van der Waals surface area (Å²) in [6, 6.07) is 0. The van der Waals surface area contributed by atoms with Gasteiger partial charge in [-0.2, -0.15) is 0 Å². The lowest BCUT2D eigenvalue weighted by molar-refractivity contribution is 0.340. The fourth-order valence-corrected chi connectivity index (χ4v) is 2.62. The molecular weight excluding hydrogens is 132 g/mol. The van der Waals surface area contributed by atoms with Crippen LogP contribution in [0.3, 0.4) is 0 Å². The maximum atomic E-state index is 2.53. The van der Waals surface area contributed by atoms with Crippen LogP contribution in [0.15, 0.2) is 11.6 Å². The van der Waals surface area contributed by atoms with E-state index in [4.69, 9.17) is 0 Å². The zero-order valence-corrected chi connectivity index (χ0v) is 7.85. The highest BCUT2D eigenvalue weighted by atomic mass is 14.4. The molecule has 0 saturated heterocycles. The second-order valence-electron chi connectivity index (χ2n) is 5.07. The molecule has 0 heterocycles. The number of allylic oxidation sites excluding steroid dienone is 2. The fourth-order valence-electron chi connectivity index (χ4n) is 2.62. The van der Waals surface area contributed by atoms with Crippen molar-refractivity contribution in [3.05, 3.63) is 11.6 Å². The molecule has 1 saturated carbocycles. The van der Waals surface area contributed by atoms with E-state index < -0.39 is 0 Å². The van der Waals surface area contributed by atoms with Gasteiger partial charge in [0.15, 0.2) is 0 Å². The van der Waals surface area contributed by atoms with Crippen LogP contribution in [0, 0.1) is 17.3 Å². The lowest BCUT2D eigenvalue weighted by Crippen LogP contribution is -2.28. The van der Waals surface area contributed by atoms with Gasteiger partial charge >= 0.3 is 0 Å². The largest absolute Gasteiger partial charge is 0.0808 e. The second-order valence-corrected chi connectivity index (χ2v) is 5.07. The van der Waals surface area contributed by atoms with Gasteiger partial charge in [0.05, 0.1) is 0 Å². The van der Waals surface area contributed by atoms with Gasteiger partial charge in [0, 0.05) is 0 Å². The van der Waals surface area contributed by atoms with Crippen LogP contribution < -0.4 is 0 Å². The highest BCUT2D eigenvalue weighted by molar-refractivity contribution is 5.28. The van der Waals surface area contributed by atoms with Crippen LogP contribution in [-0.4, -0.2) is 0 Å². The summed E-state index contributed by atoms with van der Waals surface area (Å²) in [6.07, 6.45) is 6.92. The van der Waals surface area contributed by atoms with Crippen molar-refractivity contribution in [2.24, 2.45) is 17.3 Å². The molecule has 0 heteroatoms.